The Morgan fingerprint density at radius 2 is 2.00 bits per heavy atom. The third-order valence-electron chi connectivity index (χ3n) is 2.03. The molecule has 0 spiro atoms. The van der Waals surface area contributed by atoms with Gasteiger partial charge in [-0.25, -0.2) is 0 Å². The predicted molar refractivity (Wildman–Crippen MR) is 69.7 cm³/mol. The zero-order chi connectivity index (χ0) is 12.5. The van der Waals surface area contributed by atoms with Gasteiger partial charge < -0.3 is 10.6 Å². The molecule has 16 heavy (non-hydrogen) atoms. The molecule has 0 atom stereocenters. The summed E-state index contributed by atoms with van der Waals surface area (Å²) in [4.78, 5) is 24.2. The molecule has 86 valence electrons. The number of rotatable bonds is 2. The molecule has 0 heterocycles. The average Bonchev–Trinajstić information content (AvgIpc) is 2.24. The minimum atomic E-state index is -0.270. The molecule has 1 aromatic rings. The van der Waals surface area contributed by atoms with Gasteiger partial charge in [-0.2, -0.15) is 0 Å². The fourth-order valence-electron chi connectivity index (χ4n) is 1.19. The van der Waals surface area contributed by atoms with E-state index in [1.165, 1.54) is 11.0 Å². The van der Waals surface area contributed by atoms with Crippen LogP contribution in [-0.2, 0) is 0 Å². The van der Waals surface area contributed by atoms with Crippen molar-refractivity contribution in [3.8, 4) is 0 Å². The van der Waals surface area contributed by atoms with Gasteiger partial charge in [0.2, 0.25) is 0 Å². The number of nitrogen functional groups attached to an aromatic ring is 1. The van der Waals surface area contributed by atoms with Crippen LogP contribution in [-0.4, -0.2) is 31.2 Å². The fraction of sp³-hybridized carbons (Fsp3) is 0.200. The molecule has 0 saturated heterocycles. The van der Waals surface area contributed by atoms with Crippen LogP contribution in [0.1, 0.15) is 20.7 Å². The van der Waals surface area contributed by atoms with Crippen LogP contribution < -0.4 is 5.73 Å². The summed E-state index contributed by atoms with van der Waals surface area (Å²) in [6.45, 7) is 0. The molecule has 6 heteroatoms. The summed E-state index contributed by atoms with van der Waals surface area (Å²) in [5, 5.41) is 0. The molecule has 4 nitrogen and oxygen atoms in total. The third-order valence-corrected chi connectivity index (χ3v) is 3.51. The first kappa shape index (κ1) is 13.2. The van der Waals surface area contributed by atoms with Gasteiger partial charge in [-0.3, -0.25) is 9.59 Å². The summed E-state index contributed by atoms with van der Waals surface area (Å²) in [6.07, 6.45) is 0.631. The van der Waals surface area contributed by atoms with E-state index in [2.05, 4.69) is 31.9 Å². The molecule has 0 bridgehead atoms. The maximum atomic E-state index is 11.9. The minimum absolute atomic E-state index is 0.270. The molecule has 1 rings (SSSR count). The number of carbonyl (C=O) groups is 2. The molecule has 0 radical (unpaired) electrons. The molecular weight excluding hydrogens is 340 g/mol. The molecule has 1 aromatic carbocycles. The van der Waals surface area contributed by atoms with E-state index in [1.807, 2.05) is 0 Å². The first-order valence-corrected chi connectivity index (χ1v) is 5.93. The van der Waals surface area contributed by atoms with Gasteiger partial charge in [0, 0.05) is 24.1 Å². The van der Waals surface area contributed by atoms with Crippen molar-refractivity contribution < 1.29 is 9.59 Å². The SMILES string of the molecule is CN(C)C(=O)c1c(C=O)cc(Br)c(N)c1Br. The van der Waals surface area contributed by atoms with E-state index in [-0.39, 0.29) is 11.5 Å². The van der Waals surface area contributed by atoms with Crippen LogP contribution in [0.5, 0.6) is 0 Å². The quantitative estimate of drug-likeness (QED) is 0.658. The minimum Gasteiger partial charge on any atom is -0.397 e. The molecule has 0 unspecified atom stereocenters. The van der Waals surface area contributed by atoms with Gasteiger partial charge in [0.1, 0.15) is 0 Å². The maximum Gasteiger partial charge on any atom is 0.255 e. The van der Waals surface area contributed by atoms with Gasteiger partial charge in [0.05, 0.1) is 15.7 Å². The molecular formula is C10H10Br2N2O2. The maximum absolute atomic E-state index is 11.9. The highest BCUT2D eigenvalue weighted by molar-refractivity contribution is 9.11. The van der Waals surface area contributed by atoms with Crippen molar-refractivity contribution in [1.29, 1.82) is 0 Å². The highest BCUT2D eigenvalue weighted by Crippen LogP contribution is 2.33. The lowest BCUT2D eigenvalue weighted by molar-refractivity contribution is 0.0823. The molecule has 0 saturated carbocycles. The Morgan fingerprint density at radius 1 is 1.44 bits per heavy atom. The van der Waals surface area contributed by atoms with Crippen LogP contribution >= 0.6 is 31.9 Å². The molecule has 0 aromatic heterocycles. The van der Waals surface area contributed by atoms with Crippen LogP contribution in [0, 0.1) is 0 Å². The monoisotopic (exact) mass is 348 g/mol. The number of amides is 1. The Labute approximate surface area is 110 Å². The Hall–Kier alpha value is -0.880. The fourth-order valence-corrected chi connectivity index (χ4v) is 2.51. The number of carbonyl (C=O) groups excluding carboxylic acids is 2. The third kappa shape index (κ3) is 2.27. The van der Waals surface area contributed by atoms with Crippen molar-refractivity contribution in [2.24, 2.45) is 0 Å². The van der Waals surface area contributed by atoms with Crippen molar-refractivity contribution in [1.82, 2.24) is 4.90 Å². The number of halogens is 2. The lowest BCUT2D eigenvalue weighted by atomic mass is 10.1. The average molecular weight is 350 g/mol. The van der Waals surface area contributed by atoms with Crippen LogP contribution in [0.4, 0.5) is 5.69 Å². The second-order valence-corrected chi connectivity index (χ2v) is 5.02. The summed E-state index contributed by atoms with van der Waals surface area (Å²) in [5.74, 6) is -0.270. The number of nitrogens with two attached hydrogens (primary N) is 1. The molecule has 1 amide bonds. The Kier molecular flexibility index (Phi) is 4.09. The number of anilines is 1. The normalized spacial score (nSPS) is 10.0. The summed E-state index contributed by atoms with van der Waals surface area (Å²) >= 11 is 6.45. The van der Waals surface area contributed by atoms with Gasteiger partial charge in [-0.05, 0) is 37.9 Å². The topological polar surface area (TPSA) is 63.4 Å². The van der Waals surface area contributed by atoms with Crippen LogP contribution in [0.2, 0.25) is 0 Å². The van der Waals surface area contributed by atoms with Gasteiger partial charge in [0.15, 0.2) is 6.29 Å². The summed E-state index contributed by atoms with van der Waals surface area (Å²) in [5.41, 5.74) is 6.74. The second kappa shape index (κ2) is 4.97. The van der Waals surface area contributed by atoms with E-state index >= 15 is 0 Å². The number of benzene rings is 1. The summed E-state index contributed by atoms with van der Waals surface area (Å²) in [7, 11) is 3.23. The van der Waals surface area contributed by atoms with E-state index in [0.717, 1.165) is 0 Å². The van der Waals surface area contributed by atoms with Crippen molar-refractivity contribution in [3.05, 3.63) is 26.1 Å². The van der Waals surface area contributed by atoms with Crippen molar-refractivity contribution in [2.75, 3.05) is 19.8 Å². The number of aldehydes is 1. The number of nitrogens with zero attached hydrogens (tertiary/aromatic N) is 1. The van der Waals surface area contributed by atoms with Crippen LogP contribution in [0.3, 0.4) is 0 Å². The molecule has 0 aliphatic heterocycles. The van der Waals surface area contributed by atoms with E-state index in [4.69, 9.17) is 5.73 Å². The number of hydrogen-bond acceptors (Lipinski definition) is 3. The second-order valence-electron chi connectivity index (χ2n) is 3.37. The van der Waals surface area contributed by atoms with Crippen molar-refractivity contribution in [3.63, 3.8) is 0 Å². The Bertz CT molecular complexity index is 459. The smallest absolute Gasteiger partial charge is 0.255 e. The molecule has 0 aliphatic rings. The largest absolute Gasteiger partial charge is 0.397 e. The Balaban J connectivity index is 3.53. The van der Waals surface area contributed by atoms with Crippen LogP contribution in [0.25, 0.3) is 0 Å². The van der Waals surface area contributed by atoms with Crippen LogP contribution in [0.15, 0.2) is 15.0 Å². The first-order chi connectivity index (χ1) is 7.40. The molecule has 2 N–H and O–H groups in total. The van der Waals surface area contributed by atoms with Gasteiger partial charge in [0.25, 0.3) is 5.91 Å². The van der Waals surface area contributed by atoms with E-state index in [9.17, 15) is 9.59 Å². The van der Waals surface area contributed by atoms with Gasteiger partial charge in [-0.1, -0.05) is 0 Å². The van der Waals surface area contributed by atoms with Gasteiger partial charge >= 0.3 is 0 Å². The van der Waals surface area contributed by atoms with Crippen molar-refractivity contribution >= 4 is 49.7 Å². The summed E-state index contributed by atoms with van der Waals surface area (Å²) in [6, 6.07) is 1.53. The Morgan fingerprint density at radius 3 is 2.44 bits per heavy atom. The van der Waals surface area contributed by atoms with E-state index in [0.29, 0.717) is 26.5 Å². The molecule has 0 fully saturated rings. The van der Waals surface area contributed by atoms with Crippen molar-refractivity contribution in [2.45, 2.75) is 0 Å². The number of hydrogen-bond donors (Lipinski definition) is 1. The predicted octanol–water partition coefficient (Wildman–Crippen LogP) is 2.31. The summed E-state index contributed by atoms with van der Waals surface area (Å²) < 4.78 is 1.01. The van der Waals surface area contributed by atoms with E-state index < -0.39 is 0 Å². The zero-order valence-corrected chi connectivity index (χ0v) is 11.9. The highest BCUT2D eigenvalue weighted by atomic mass is 79.9. The lowest BCUT2D eigenvalue weighted by Crippen LogP contribution is -2.24. The first-order valence-electron chi connectivity index (χ1n) is 4.34. The zero-order valence-electron chi connectivity index (χ0n) is 8.75. The molecule has 0 aliphatic carbocycles. The highest BCUT2D eigenvalue weighted by Gasteiger charge is 2.20. The van der Waals surface area contributed by atoms with E-state index in [1.54, 1.807) is 14.1 Å². The standard InChI is InChI=1S/C10H10Br2N2O2/c1-14(2)10(16)7-5(4-15)3-6(11)9(13)8(7)12/h3-4H,13H2,1-2H3. The lowest BCUT2D eigenvalue weighted by Gasteiger charge is -2.15. The van der Waals surface area contributed by atoms with Gasteiger partial charge in [-0.15, -0.1) is 0 Å².